The zero-order chi connectivity index (χ0) is 105. The summed E-state index contributed by atoms with van der Waals surface area (Å²) in [6.45, 7) is -3.01. The van der Waals surface area contributed by atoms with E-state index in [1.807, 2.05) is 0 Å². The second-order valence-electron chi connectivity index (χ2n) is 21.5. The summed E-state index contributed by atoms with van der Waals surface area (Å²) in [5.74, 6) is -0.256. The van der Waals surface area contributed by atoms with E-state index in [4.69, 9.17) is 23.9 Å². The number of hydrogen-bond donors (Lipinski definition) is 0. The van der Waals surface area contributed by atoms with Crippen molar-refractivity contribution in [2.45, 2.75) is 6.85 Å². The van der Waals surface area contributed by atoms with Crippen molar-refractivity contribution in [1.82, 2.24) is 14.1 Å². The summed E-state index contributed by atoms with van der Waals surface area (Å²) in [6.07, 6.45) is 4.29. The minimum atomic E-state index is -6.78. The van der Waals surface area contributed by atoms with Crippen molar-refractivity contribution in [3.63, 3.8) is 0 Å². The number of rotatable bonds is 16. The van der Waals surface area contributed by atoms with Crippen molar-refractivity contribution >= 4 is 90.5 Å². The van der Waals surface area contributed by atoms with Crippen LogP contribution in [0.1, 0.15) is 68.6 Å². The van der Waals surface area contributed by atoms with Crippen LogP contribution in [0.5, 0.6) is 11.5 Å². The number of aryl methyl sites for hydroxylation is 1. The largest absolute Gasteiger partial charge is 0.510 e. The summed E-state index contributed by atoms with van der Waals surface area (Å²) in [5, 5.41) is -9.13. The third kappa shape index (κ3) is 11.0. The van der Waals surface area contributed by atoms with E-state index < -0.39 is 363 Å². The van der Waals surface area contributed by atoms with Crippen molar-refractivity contribution < 1.29 is 93.4 Å². The van der Waals surface area contributed by atoms with Gasteiger partial charge in [-0.2, -0.15) is 18.2 Å². The van der Waals surface area contributed by atoms with Crippen molar-refractivity contribution in [1.29, 1.82) is 0 Å². The van der Waals surface area contributed by atoms with Gasteiger partial charge < -0.3 is 13.9 Å². The van der Waals surface area contributed by atoms with Gasteiger partial charge in [0.15, 0.2) is 16.1 Å². The first-order chi connectivity index (χ1) is 67.6. The molecule has 0 unspecified atom stereocenters. The fraction of sp³-hybridized carbons (Fsp3) is 0.0110. The first kappa shape index (κ1) is 29.6. The zero-order valence-electron chi connectivity index (χ0n) is 96.4. The molecule has 99 heavy (non-hydrogen) atoms. The summed E-state index contributed by atoms with van der Waals surface area (Å²) in [6, 6.07) is -23.2. The van der Waals surface area contributed by atoms with Gasteiger partial charge in [-0.15, -0.1) is 29.7 Å². The Labute approximate surface area is 658 Å². The van der Waals surface area contributed by atoms with E-state index in [1.54, 1.807) is 34.9 Å². The van der Waals surface area contributed by atoms with E-state index in [1.165, 1.54) is 59.2 Å². The van der Waals surface area contributed by atoms with E-state index in [-0.39, 0.29) is 66.2 Å². The maximum Gasteiger partial charge on any atom is 0.268 e. The number of imidazole rings is 1. The Hall–Kier alpha value is -11.6. The second-order valence-corrected chi connectivity index (χ2v) is 28.5. The monoisotopic (exact) mass is 1530 g/mol. The van der Waals surface area contributed by atoms with Crippen LogP contribution in [-0.2, 0) is 21.1 Å². The summed E-state index contributed by atoms with van der Waals surface area (Å²) >= 11 is 0. The number of fused-ring (bicyclic) bond motifs is 4. The van der Waals surface area contributed by atoms with Gasteiger partial charge in [-0.3, -0.25) is 4.57 Å². The third-order valence-electron chi connectivity index (χ3n) is 16.3. The molecule has 0 fully saturated rings. The number of para-hydroxylation sites is 4. The zero-order valence-corrected chi connectivity index (χ0v) is 54.7. The van der Waals surface area contributed by atoms with Gasteiger partial charge in [-0.1, -0.05) is 326 Å². The van der Waals surface area contributed by atoms with E-state index in [0.29, 0.717) is 16.3 Å². The molecule has 0 radical (unpaired) electrons. The second kappa shape index (κ2) is 26.8. The molecule has 17 rings (SSSR count). The molecule has 0 spiro atoms. The molecule has 0 N–H and O–H groups in total. The minimum absolute atomic E-state index is 0. The first-order valence-electron chi connectivity index (χ1n) is 52.6. The predicted molar refractivity (Wildman–Crippen MR) is 408 cm³/mol. The molecule has 3 heterocycles. The molecule has 0 bridgehead atoms. The van der Waals surface area contributed by atoms with Gasteiger partial charge >= 0.3 is 0 Å². The van der Waals surface area contributed by atoms with Crippen molar-refractivity contribution in [2.24, 2.45) is 0 Å². The molecule has 0 atom stereocenters. The smallest absolute Gasteiger partial charge is 0.268 e. The fourth-order valence-electron chi connectivity index (χ4n) is 12.1. The normalized spacial score (nSPS) is 18.3. The average Bonchev–Trinajstić information content (AvgIpc) is 1.05. The van der Waals surface area contributed by atoms with Crippen LogP contribution in [-0.4, -0.2) is 30.3 Å². The van der Waals surface area contributed by atoms with E-state index >= 15 is 0 Å². The molecule has 5 nitrogen and oxygen atoms in total. The number of ether oxygens (including phenoxy) is 1. The number of nitrogens with zero attached hydrogens (tertiary/aromatic N) is 4. The molecule has 17 aromatic rings. The Kier molecular flexibility index (Phi) is 8.02. The Morgan fingerprint density at radius 3 is 1.39 bits per heavy atom. The van der Waals surface area contributed by atoms with Gasteiger partial charge in [-0.25, -0.2) is 4.98 Å². The Morgan fingerprint density at radius 1 is 0.414 bits per heavy atom. The van der Waals surface area contributed by atoms with Crippen LogP contribution in [0.3, 0.4) is 0 Å². The van der Waals surface area contributed by atoms with Gasteiger partial charge in [0.05, 0.1) is 75.7 Å². The quantitative estimate of drug-likeness (QED) is 0.0418. The van der Waals surface area contributed by atoms with Gasteiger partial charge in [0, 0.05) is 54.0 Å². The van der Waals surface area contributed by atoms with Crippen LogP contribution in [0, 0.1) is 25.3 Å². The van der Waals surface area contributed by atoms with Crippen LogP contribution in [0.15, 0.2) is 369 Å². The SMILES string of the molecule is [2H]c1c([2H])c([2H])c(-c2cnc(-n3c4[c-]c(Oc5[c-]c(-n6[c-][n+](-c7c(-c8c([2H])c([2H])c([2H])c([Si](c9c([2H])c([2H])c([2H])c([2H])c9[2H])(c9c([2H])c([2H])c([2H])c([2H])c9[2H])c9c([2H])c([2H])c([2H])c([2H])c9[2H])c8[2H])cccc7-c7c([2H])c([2H])c([2H])c([Si](c8c([2H])c([2H])c([2H])c([2H])c8[2H])(c8c([2H])c([2H])c([2H])c([2H])c8[2H])c8c([2H])c([2H])c([2H])c([2H])c8[2H])c7[2H])c7ccccc76)ccc5)ccc4c4ccccc43)cc2C([2H])([2H])[2H])c([2H])c1[2H].[Pt]. The molecule has 474 valence electrons. The number of pyridine rings is 1. The van der Waals surface area contributed by atoms with Crippen LogP contribution < -0.4 is 50.8 Å². The Morgan fingerprint density at radius 2 is 0.869 bits per heavy atom. The number of hydrogen-bond acceptors (Lipinski definition) is 2. The summed E-state index contributed by atoms with van der Waals surface area (Å²) in [4.78, 5) is 4.66. The maximum absolute atomic E-state index is 11.2. The molecule has 8 heteroatoms. The van der Waals surface area contributed by atoms with E-state index in [0.717, 1.165) is 29.0 Å². The molecule has 0 aliphatic carbocycles. The summed E-state index contributed by atoms with van der Waals surface area (Å²) in [5.41, 5.74) is -5.08. The molecule has 0 aliphatic heterocycles. The van der Waals surface area contributed by atoms with Crippen LogP contribution >= 0.6 is 0 Å². The molecule has 14 aromatic carbocycles. The molecule has 0 saturated heterocycles. The molecule has 0 saturated carbocycles. The fourth-order valence-corrected chi connectivity index (χ4v) is 19.2. The Balaban J connectivity index is 0.0000151. The van der Waals surface area contributed by atoms with Crippen LogP contribution in [0.4, 0.5) is 0 Å². The van der Waals surface area contributed by atoms with Gasteiger partial charge in [0.1, 0.15) is 5.82 Å². The summed E-state index contributed by atoms with van der Waals surface area (Å²) < 4.78 is 449. The topological polar surface area (TPSA) is 35.9 Å². The molecule has 3 aromatic heterocycles. The molecular weight excluding hydrogens is 1420 g/mol. The first-order valence-corrected chi connectivity index (χ1v) is 33.6. The van der Waals surface area contributed by atoms with E-state index in [9.17, 15) is 43.9 Å². The van der Waals surface area contributed by atoms with Gasteiger partial charge in [0.2, 0.25) is 0 Å². The van der Waals surface area contributed by atoms with Crippen molar-refractivity contribution in [2.75, 3.05) is 0 Å². The van der Waals surface area contributed by atoms with Crippen molar-refractivity contribution in [3.8, 4) is 62.1 Å². The average molecular weight is 1530 g/mol. The van der Waals surface area contributed by atoms with Gasteiger partial charge in [-0.05, 0) is 105 Å². The standard InChI is InChI=1S/C91H64N4OSi2.Pt/c1-66-59-90(92-64-85(66)67-31-9-2-10-32-67)95-86-54-24-23-51-83(86)84-58-57-72(63-89(84)95)96-71-36-29-35-70(62-71)93-65-94(88-56-26-25-55-87(88)93)91-81(68-33-27-49-79(60-68)97(73-37-11-3-12-38-73,74-39-13-4-14-40-74)75-41-15-5-16-42-75)52-30-53-82(91)69-34-28-50-80(61-69)98(76-43-17-6-18-44-76,77-45-19-7-20-46-77)78-47-21-8-22-48-78;/h2-61,64H,1H3;/q-2;/i1D3,2D,3D,4D,5D,6D,7D,8D,9D,10D,11D,12D,13D,14D,15D,16D,17D,18D,19D,20D,21D,22D,27D,28D,31D,32D,33D,34D,37D,38D,39D,40D,41D,42D,43D,44D,45D,46D,47D,48D,49D,50D,60D,61D;. The van der Waals surface area contributed by atoms with Crippen LogP contribution in [0.25, 0.3) is 83.4 Å². The third-order valence-corrected chi connectivity index (χ3v) is 24.3. The van der Waals surface area contributed by atoms with Crippen LogP contribution in [0.2, 0.25) is 0 Å². The van der Waals surface area contributed by atoms with Crippen molar-refractivity contribution in [3.05, 3.63) is 393 Å². The predicted octanol–water partition coefficient (Wildman–Crippen LogP) is 15.7. The molecule has 0 amide bonds. The van der Waals surface area contributed by atoms with Gasteiger partial charge in [0.25, 0.3) is 6.33 Å². The van der Waals surface area contributed by atoms with E-state index in [2.05, 4.69) is 23.4 Å². The minimum Gasteiger partial charge on any atom is -0.510 e. The Bertz CT molecular complexity index is 7780. The number of benzene rings is 14. The summed E-state index contributed by atoms with van der Waals surface area (Å²) in [7, 11) is -13.6. The molecular formula is C91H64N4OPtSi2-2. The maximum atomic E-state index is 11.2. The molecule has 0 aliphatic rings. The number of aromatic nitrogens is 4.